The summed E-state index contributed by atoms with van der Waals surface area (Å²) in [7, 11) is -3.71. The second kappa shape index (κ2) is 8.97. The summed E-state index contributed by atoms with van der Waals surface area (Å²) in [5, 5.41) is 4.34. The van der Waals surface area contributed by atoms with Gasteiger partial charge in [0.2, 0.25) is 10.0 Å². The number of anilines is 1. The van der Waals surface area contributed by atoms with Gasteiger partial charge >= 0.3 is 0 Å². The van der Waals surface area contributed by atoms with Gasteiger partial charge in [-0.05, 0) is 35.6 Å². The van der Waals surface area contributed by atoms with E-state index in [1.54, 1.807) is 31.2 Å². The van der Waals surface area contributed by atoms with Crippen LogP contribution >= 0.6 is 11.6 Å². The Kier molecular flexibility index (Phi) is 7.08. The van der Waals surface area contributed by atoms with Gasteiger partial charge in [0.1, 0.15) is 6.54 Å². The van der Waals surface area contributed by atoms with Crippen molar-refractivity contribution in [2.45, 2.75) is 33.1 Å². The summed E-state index contributed by atoms with van der Waals surface area (Å²) in [5.41, 5.74) is 5.38. The standard InChI is InChI=1S/C21H26ClN3O3S/c1-15(16-10-12-17(13-11-16)21(2,3)4)23-24-20(26)14-25(29(5,27)28)19-9-7-6-8-18(19)22/h6-13H,14H2,1-5H3,(H,24,26). The third-order valence-electron chi connectivity index (χ3n) is 4.33. The molecule has 1 N–H and O–H groups in total. The summed E-state index contributed by atoms with van der Waals surface area (Å²) in [5.74, 6) is -0.569. The van der Waals surface area contributed by atoms with Crippen LogP contribution in [0, 0.1) is 0 Å². The molecule has 8 heteroatoms. The lowest BCUT2D eigenvalue weighted by atomic mass is 9.86. The molecule has 0 atom stereocenters. The fraction of sp³-hybridized carbons (Fsp3) is 0.333. The Morgan fingerprint density at radius 3 is 2.21 bits per heavy atom. The third kappa shape index (κ3) is 6.30. The van der Waals surface area contributed by atoms with Crippen molar-refractivity contribution in [2.75, 3.05) is 17.1 Å². The van der Waals surface area contributed by atoms with Crippen molar-refractivity contribution in [1.29, 1.82) is 0 Å². The average Bonchev–Trinajstić information content (AvgIpc) is 2.63. The lowest BCUT2D eigenvalue weighted by molar-refractivity contribution is -0.119. The maximum atomic E-state index is 12.3. The maximum Gasteiger partial charge on any atom is 0.260 e. The Labute approximate surface area is 177 Å². The molecule has 2 aromatic rings. The van der Waals surface area contributed by atoms with E-state index in [9.17, 15) is 13.2 Å². The molecule has 0 aliphatic rings. The van der Waals surface area contributed by atoms with Crippen LogP contribution in [0.2, 0.25) is 5.02 Å². The number of amides is 1. The Balaban J connectivity index is 2.13. The van der Waals surface area contributed by atoms with Crippen molar-refractivity contribution in [3.63, 3.8) is 0 Å². The fourth-order valence-electron chi connectivity index (χ4n) is 2.62. The molecule has 156 valence electrons. The predicted molar refractivity (Wildman–Crippen MR) is 119 cm³/mol. The van der Waals surface area contributed by atoms with Crippen molar-refractivity contribution in [3.8, 4) is 0 Å². The number of hydrogen-bond acceptors (Lipinski definition) is 4. The summed E-state index contributed by atoms with van der Waals surface area (Å²) in [6.07, 6.45) is 1.02. The SMILES string of the molecule is CC(=NNC(=O)CN(c1ccccc1Cl)S(C)(=O)=O)c1ccc(C(C)(C)C)cc1. The van der Waals surface area contributed by atoms with E-state index in [1.165, 1.54) is 5.56 Å². The lowest BCUT2D eigenvalue weighted by Crippen LogP contribution is -2.39. The van der Waals surface area contributed by atoms with E-state index in [0.717, 1.165) is 16.1 Å². The summed E-state index contributed by atoms with van der Waals surface area (Å²) in [6, 6.07) is 14.4. The topological polar surface area (TPSA) is 78.8 Å². The van der Waals surface area contributed by atoms with E-state index in [2.05, 4.69) is 31.3 Å². The summed E-state index contributed by atoms with van der Waals surface area (Å²) in [6.45, 7) is 7.75. The van der Waals surface area contributed by atoms with Crippen molar-refractivity contribution >= 4 is 38.9 Å². The smallest absolute Gasteiger partial charge is 0.260 e. The minimum absolute atomic E-state index is 0.0472. The normalized spacial score (nSPS) is 12.6. The average molecular weight is 436 g/mol. The van der Waals surface area contributed by atoms with E-state index in [0.29, 0.717) is 5.71 Å². The molecule has 0 heterocycles. The number of rotatable bonds is 6. The van der Waals surface area contributed by atoms with E-state index < -0.39 is 22.5 Å². The summed E-state index contributed by atoms with van der Waals surface area (Å²) >= 11 is 6.10. The minimum atomic E-state index is -3.71. The first-order valence-corrected chi connectivity index (χ1v) is 11.3. The molecule has 6 nitrogen and oxygen atoms in total. The number of halogens is 1. The number of nitrogens with one attached hydrogen (secondary N) is 1. The summed E-state index contributed by atoms with van der Waals surface area (Å²) < 4.78 is 25.2. The Hall–Kier alpha value is -2.38. The number of para-hydroxylation sites is 1. The van der Waals surface area contributed by atoms with Gasteiger partial charge in [0.15, 0.2) is 0 Å². The highest BCUT2D eigenvalue weighted by Crippen LogP contribution is 2.27. The van der Waals surface area contributed by atoms with Gasteiger partial charge in [-0.3, -0.25) is 9.10 Å². The maximum absolute atomic E-state index is 12.3. The van der Waals surface area contributed by atoms with Crippen LogP contribution in [0.5, 0.6) is 0 Å². The van der Waals surface area contributed by atoms with Gasteiger partial charge in [-0.15, -0.1) is 0 Å². The van der Waals surface area contributed by atoms with Gasteiger partial charge in [0.05, 0.1) is 22.7 Å². The Morgan fingerprint density at radius 2 is 1.69 bits per heavy atom. The summed E-state index contributed by atoms with van der Waals surface area (Å²) in [4.78, 5) is 12.3. The van der Waals surface area contributed by atoms with Crippen LogP contribution in [0.3, 0.4) is 0 Å². The van der Waals surface area contributed by atoms with Gasteiger partial charge in [-0.25, -0.2) is 13.8 Å². The molecule has 1 amide bonds. The molecule has 0 saturated carbocycles. The Bertz CT molecular complexity index is 1010. The predicted octanol–water partition coefficient (Wildman–Crippen LogP) is 3.94. The molecular weight excluding hydrogens is 410 g/mol. The van der Waals surface area contributed by atoms with E-state index in [1.807, 2.05) is 24.3 Å². The highest BCUT2D eigenvalue weighted by molar-refractivity contribution is 7.92. The van der Waals surface area contributed by atoms with Crippen LogP contribution in [-0.4, -0.2) is 32.8 Å². The molecule has 2 aromatic carbocycles. The van der Waals surface area contributed by atoms with E-state index in [4.69, 9.17) is 11.6 Å². The van der Waals surface area contributed by atoms with Crippen LogP contribution in [0.4, 0.5) is 5.69 Å². The molecule has 0 bridgehead atoms. The molecule has 2 rings (SSSR count). The van der Waals surface area contributed by atoms with E-state index >= 15 is 0 Å². The molecule has 0 aliphatic heterocycles. The number of carbonyl (C=O) groups excluding carboxylic acids is 1. The van der Waals surface area contributed by atoms with Gasteiger partial charge < -0.3 is 0 Å². The quantitative estimate of drug-likeness (QED) is 0.551. The number of hydrazone groups is 1. The van der Waals surface area contributed by atoms with Crippen LogP contribution in [0.15, 0.2) is 53.6 Å². The van der Waals surface area contributed by atoms with Crippen molar-refractivity contribution in [3.05, 3.63) is 64.7 Å². The number of benzene rings is 2. The zero-order chi connectivity index (χ0) is 21.8. The molecule has 29 heavy (non-hydrogen) atoms. The fourth-order valence-corrected chi connectivity index (χ4v) is 3.78. The van der Waals surface area contributed by atoms with Crippen LogP contribution in [0.1, 0.15) is 38.8 Å². The number of nitrogens with zero attached hydrogens (tertiary/aromatic N) is 2. The van der Waals surface area contributed by atoms with Gasteiger partial charge in [-0.1, -0.05) is 68.8 Å². The molecule has 0 fully saturated rings. The first-order chi connectivity index (χ1) is 13.4. The minimum Gasteiger partial charge on any atom is -0.271 e. The number of carbonyl (C=O) groups is 1. The van der Waals surface area contributed by atoms with Gasteiger partial charge in [0.25, 0.3) is 5.91 Å². The third-order valence-corrected chi connectivity index (χ3v) is 5.77. The van der Waals surface area contributed by atoms with Crippen LogP contribution in [-0.2, 0) is 20.2 Å². The zero-order valence-electron chi connectivity index (χ0n) is 17.2. The monoisotopic (exact) mass is 435 g/mol. The van der Waals surface area contributed by atoms with E-state index in [-0.39, 0.29) is 16.1 Å². The van der Waals surface area contributed by atoms with Crippen LogP contribution in [0.25, 0.3) is 0 Å². The van der Waals surface area contributed by atoms with Crippen molar-refractivity contribution in [1.82, 2.24) is 5.43 Å². The zero-order valence-corrected chi connectivity index (χ0v) is 18.8. The first kappa shape index (κ1) is 22.9. The molecule has 0 unspecified atom stereocenters. The van der Waals surface area contributed by atoms with Gasteiger partial charge in [-0.2, -0.15) is 5.10 Å². The molecule has 0 spiro atoms. The highest BCUT2D eigenvalue weighted by atomic mass is 35.5. The molecule has 0 aromatic heterocycles. The largest absolute Gasteiger partial charge is 0.271 e. The highest BCUT2D eigenvalue weighted by Gasteiger charge is 2.22. The molecule has 0 saturated heterocycles. The second-order valence-electron chi connectivity index (χ2n) is 7.78. The number of sulfonamides is 1. The first-order valence-electron chi connectivity index (χ1n) is 9.06. The van der Waals surface area contributed by atoms with Gasteiger partial charge in [0, 0.05) is 0 Å². The molecule has 0 aliphatic carbocycles. The second-order valence-corrected chi connectivity index (χ2v) is 10.1. The molecule has 0 radical (unpaired) electrons. The molecular formula is C21H26ClN3O3S. The Morgan fingerprint density at radius 1 is 1.10 bits per heavy atom. The lowest BCUT2D eigenvalue weighted by Gasteiger charge is -2.22. The van der Waals surface area contributed by atoms with Crippen LogP contribution < -0.4 is 9.73 Å². The van der Waals surface area contributed by atoms with Crippen molar-refractivity contribution < 1.29 is 13.2 Å². The number of hydrogen-bond donors (Lipinski definition) is 1. The van der Waals surface area contributed by atoms with Crippen molar-refractivity contribution in [2.24, 2.45) is 5.10 Å².